The molecule has 2 N–H and O–H groups in total. The van der Waals surface area contributed by atoms with Crippen molar-refractivity contribution >= 4 is 23.3 Å². The van der Waals surface area contributed by atoms with Crippen LogP contribution in [0.3, 0.4) is 0 Å². The minimum absolute atomic E-state index is 0.193. The maximum atomic E-state index is 13.4. The number of hydrogen-bond acceptors (Lipinski definition) is 5. The lowest BCUT2D eigenvalue weighted by Gasteiger charge is -2.35. The second kappa shape index (κ2) is 7.23. The van der Waals surface area contributed by atoms with Crippen molar-refractivity contribution in [2.75, 3.05) is 13.3 Å². The molecule has 2 aromatic carbocycles. The highest BCUT2D eigenvalue weighted by Crippen LogP contribution is 2.37. The molecular formula is C22H18FN3O3S. The fourth-order valence-corrected chi connectivity index (χ4v) is 5.00. The summed E-state index contributed by atoms with van der Waals surface area (Å²) in [6.07, 6.45) is 0. The van der Waals surface area contributed by atoms with Crippen LogP contribution in [-0.2, 0) is 16.9 Å². The van der Waals surface area contributed by atoms with E-state index in [4.69, 9.17) is 4.74 Å². The molecule has 2 aliphatic heterocycles. The fourth-order valence-electron chi connectivity index (χ4n) is 3.86. The number of benzene rings is 2. The molecule has 1 aromatic heterocycles. The molecule has 1 saturated heterocycles. The van der Waals surface area contributed by atoms with Gasteiger partial charge in [-0.3, -0.25) is 15.0 Å². The van der Waals surface area contributed by atoms with Gasteiger partial charge in [0, 0.05) is 34.5 Å². The van der Waals surface area contributed by atoms with Gasteiger partial charge in [0.2, 0.25) is 0 Å². The fraction of sp³-hybridized carbons (Fsp3) is 0.182. The zero-order chi connectivity index (χ0) is 20.7. The molecule has 0 aliphatic carbocycles. The van der Waals surface area contributed by atoms with Crippen LogP contribution >= 0.6 is 11.3 Å². The Morgan fingerprint density at radius 3 is 2.70 bits per heavy atom. The molecule has 0 unspecified atom stereocenters. The predicted molar refractivity (Wildman–Crippen MR) is 110 cm³/mol. The van der Waals surface area contributed by atoms with Crippen molar-refractivity contribution in [3.05, 3.63) is 76.9 Å². The molecule has 1 fully saturated rings. The van der Waals surface area contributed by atoms with Crippen LogP contribution in [-0.4, -0.2) is 30.1 Å². The summed E-state index contributed by atoms with van der Waals surface area (Å²) in [5.74, 6) is -0.241. The molecule has 0 spiro atoms. The van der Waals surface area contributed by atoms with E-state index in [1.54, 1.807) is 6.07 Å². The van der Waals surface area contributed by atoms with Gasteiger partial charge in [0.15, 0.2) is 5.54 Å². The Kier molecular flexibility index (Phi) is 4.52. The molecule has 5 rings (SSSR count). The van der Waals surface area contributed by atoms with Crippen LogP contribution in [0.4, 0.5) is 9.18 Å². The molecule has 3 heterocycles. The summed E-state index contributed by atoms with van der Waals surface area (Å²) in [5.41, 5.74) is 0.667. The molecule has 30 heavy (non-hydrogen) atoms. The number of nitrogens with zero attached hydrogens (tertiary/aromatic N) is 1. The molecule has 6 nitrogen and oxygen atoms in total. The maximum Gasteiger partial charge on any atom is 0.322 e. The number of amides is 3. The Morgan fingerprint density at radius 1 is 1.10 bits per heavy atom. The molecule has 3 amide bonds. The van der Waals surface area contributed by atoms with Crippen molar-refractivity contribution in [2.24, 2.45) is 0 Å². The first-order valence-electron chi connectivity index (χ1n) is 9.46. The number of rotatable bonds is 4. The van der Waals surface area contributed by atoms with Gasteiger partial charge < -0.3 is 10.1 Å². The third-order valence-electron chi connectivity index (χ3n) is 5.31. The van der Waals surface area contributed by atoms with Gasteiger partial charge in [-0.05, 0) is 23.8 Å². The summed E-state index contributed by atoms with van der Waals surface area (Å²) in [4.78, 5) is 28.7. The molecule has 0 bridgehead atoms. The van der Waals surface area contributed by atoms with Crippen molar-refractivity contribution in [3.63, 3.8) is 0 Å². The van der Waals surface area contributed by atoms with E-state index in [1.165, 1.54) is 23.5 Å². The summed E-state index contributed by atoms with van der Waals surface area (Å²) in [7, 11) is 0. The third kappa shape index (κ3) is 3.24. The van der Waals surface area contributed by atoms with E-state index in [2.05, 4.69) is 10.6 Å². The molecule has 3 aromatic rings. The highest BCUT2D eigenvalue weighted by atomic mass is 32.1. The second-order valence-corrected chi connectivity index (χ2v) is 8.44. The monoisotopic (exact) mass is 423 g/mol. The SMILES string of the molecule is O=C1NC(=O)[C@@](CN2COc3cc(F)ccc3C2)(c2ccc(-c3ccccc3)s2)N1. The number of nitrogens with one attached hydrogen (secondary N) is 2. The average molecular weight is 423 g/mol. The first kappa shape index (κ1) is 18.8. The van der Waals surface area contributed by atoms with Crippen LogP contribution in [0.25, 0.3) is 10.4 Å². The van der Waals surface area contributed by atoms with Gasteiger partial charge in [-0.15, -0.1) is 11.3 Å². The number of halogens is 1. The molecule has 0 saturated carbocycles. The molecule has 0 radical (unpaired) electrons. The normalized spacial score (nSPS) is 21.0. The smallest absolute Gasteiger partial charge is 0.322 e. The van der Waals surface area contributed by atoms with Gasteiger partial charge >= 0.3 is 6.03 Å². The second-order valence-electron chi connectivity index (χ2n) is 7.36. The first-order valence-corrected chi connectivity index (χ1v) is 10.3. The Morgan fingerprint density at radius 2 is 1.93 bits per heavy atom. The van der Waals surface area contributed by atoms with Gasteiger partial charge in [-0.1, -0.05) is 36.4 Å². The lowest BCUT2D eigenvalue weighted by atomic mass is 9.96. The topological polar surface area (TPSA) is 70.7 Å². The highest BCUT2D eigenvalue weighted by Gasteiger charge is 2.50. The number of hydrogen-bond donors (Lipinski definition) is 2. The Balaban J connectivity index is 1.46. The van der Waals surface area contributed by atoms with Crippen LogP contribution in [0, 0.1) is 5.82 Å². The minimum Gasteiger partial charge on any atom is -0.478 e. The van der Waals surface area contributed by atoms with Gasteiger partial charge in [-0.2, -0.15) is 0 Å². The standard InChI is InChI=1S/C22H18FN3O3S/c23-16-7-6-15-11-26(13-29-17(15)10-16)12-22(20(27)24-21(28)25-22)19-9-8-18(30-19)14-4-2-1-3-5-14/h1-10H,11-13H2,(H2,24,25,27,28)/t22-/m1/s1. The summed E-state index contributed by atoms with van der Waals surface area (Å²) in [6.45, 7) is 0.909. The van der Waals surface area contributed by atoms with Crippen molar-refractivity contribution in [3.8, 4) is 16.2 Å². The number of ether oxygens (including phenoxy) is 1. The zero-order valence-electron chi connectivity index (χ0n) is 15.9. The Bertz CT molecular complexity index is 1130. The van der Waals surface area contributed by atoms with Gasteiger partial charge in [0.1, 0.15) is 18.3 Å². The third-order valence-corrected chi connectivity index (χ3v) is 6.61. The zero-order valence-corrected chi connectivity index (χ0v) is 16.7. The highest BCUT2D eigenvalue weighted by molar-refractivity contribution is 7.15. The minimum atomic E-state index is -1.21. The predicted octanol–water partition coefficient (Wildman–Crippen LogP) is 3.44. The van der Waals surface area contributed by atoms with E-state index in [0.717, 1.165) is 20.9 Å². The van der Waals surface area contributed by atoms with Gasteiger partial charge in [-0.25, -0.2) is 9.18 Å². The average Bonchev–Trinajstić information content (AvgIpc) is 3.34. The van der Waals surface area contributed by atoms with Crippen LogP contribution in [0.5, 0.6) is 5.75 Å². The summed E-state index contributed by atoms with van der Waals surface area (Å²) in [6, 6.07) is 17.6. The molecule has 2 aliphatic rings. The molecule has 1 atom stereocenters. The summed E-state index contributed by atoms with van der Waals surface area (Å²) in [5, 5.41) is 5.20. The summed E-state index contributed by atoms with van der Waals surface area (Å²) >= 11 is 1.47. The number of carbonyl (C=O) groups is 2. The van der Waals surface area contributed by atoms with E-state index in [-0.39, 0.29) is 25.0 Å². The summed E-state index contributed by atoms with van der Waals surface area (Å²) < 4.78 is 19.1. The van der Waals surface area contributed by atoms with E-state index >= 15 is 0 Å². The van der Waals surface area contributed by atoms with Crippen LogP contribution < -0.4 is 15.4 Å². The van der Waals surface area contributed by atoms with Crippen molar-refractivity contribution in [2.45, 2.75) is 12.1 Å². The quantitative estimate of drug-likeness (QED) is 0.631. The molecule has 8 heteroatoms. The van der Waals surface area contributed by atoms with E-state index in [0.29, 0.717) is 12.3 Å². The Labute approximate surface area is 176 Å². The lowest BCUT2D eigenvalue weighted by Crippen LogP contribution is -2.53. The van der Waals surface area contributed by atoms with Crippen molar-refractivity contribution in [1.82, 2.24) is 15.5 Å². The number of imide groups is 1. The van der Waals surface area contributed by atoms with Crippen molar-refractivity contribution in [1.29, 1.82) is 0 Å². The maximum absolute atomic E-state index is 13.4. The largest absolute Gasteiger partial charge is 0.478 e. The lowest BCUT2D eigenvalue weighted by molar-refractivity contribution is -0.125. The van der Waals surface area contributed by atoms with Gasteiger partial charge in [0.05, 0.1) is 0 Å². The van der Waals surface area contributed by atoms with E-state index in [9.17, 15) is 14.0 Å². The van der Waals surface area contributed by atoms with Gasteiger partial charge in [0.25, 0.3) is 5.91 Å². The van der Waals surface area contributed by atoms with E-state index < -0.39 is 11.6 Å². The first-order chi connectivity index (χ1) is 14.5. The van der Waals surface area contributed by atoms with E-state index in [1.807, 2.05) is 47.4 Å². The number of thiophene rings is 1. The Hall–Kier alpha value is -3.23. The number of urea groups is 1. The van der Waals surface area contributed by atoms with Crippen LogP contribution in [0.15, 0.2) is 60.7 Å². The molecule has 152 valence electrons. The number of fused-ring (bicyclic) bond motifs is 1. The van der Waals surface area contributed by atoms with Crippen LogP contribution in [0.1, 0.15) is 10.4 Å². The molecular weight excluding hydrogens is 405 g/mol. The van der Waals surface area contributed by atoms with Crippen LogP contribution in [0.2, 0.25) is 0 Å². The number of carbonyl (C=O) groups excluding carboxylic acids is 2. The van der Waals surface area contributed by atoms with Crippen molar-refractivity contribution < 1.29 is 18.7 Å².